The molecular formula is C14H19NO5. The van der Waals surface area contributed by atoms with E-state index in [1.807, 2.05) is 0 Å². The normalized spacial score (nSPS) is 11.9. The van der Waals surface area contributed by atoms with Gasteiger partial charge in [-0.25, -0.2) is 9.86 Å². The SMILES string of the molecule is CCOCC(C(=O)O)N(OCC)C(=O)c1ccccc1. The molecule has 1 N–H and O–H groups in total. The average Bonchev–Trinajstić information content (AvgIpc) is 2.46. The van der Waals surface area contributed by atoms with E-state index in [-0.39, 0.29) is 13.2 Å². The predicted molar refractivity (Wildman–Crippen MR) is 72.2 cm³/mol. The van der Waals surface area contributed by atoms with E-state index in [1.165, 1.54) is 0 Å². The van der Waals surface area contributed by atoms with E-state index in [0.717, 1.165) is 5.06 Å². The van der Waals surface area contributed by atoms with E-state index >= 15 is 0 Å². The van der Waals surface area contributed by atoms with Gasteiger partial charge in [-0.05, 0) is 26.0 Å². The van der Waals surface area contributed by atoms with E-state index in [1.54, 1.807) is 44.2 Å². The van der Waals surface area contributed by atoms with Crippen molar-refractivity contribution < 1.29 is 24.3 Å². The highest BCUT2D eigenvalue weighted by atomic mass is 16.7. The molecule has 0 bridgehead atoms. The molecule has 6 heteroatoms. The number of amides is 1. The van der Waals surface area contributed by atoms with Crippen LogP contribution in [0.1, 0.15) is 24.2 Å². The van der Waals surface area contributed by atoms with Crippen molar-refractivity contribution >= 4 is 11.9 Å². The van der Waals surface area contributed by atoms with Gasteiger partial charge in [0.2, 0.25) is 0 Å². The smallest absolute Gasteiger partial charge is 0.331 e. The summed E-state index contributed by atoms with van der Waals surface area (Å²) < 4.78 is 5.12. The first-order valence-electron chi connectivity index (χ1n) is 6.43. The highest BCUT2D eigenvalue weighted by molar-refractivity contribution is 5.95. The van der Waals surface area contributed by atoms with Gasteiger partial charge in [0.25, 0.3) is 5.91 Å². The fourth-order valence-electron chi connectivity index (χ4n) is 1.61. The molecule has 1 rings (SSSR count). The molecule has 0 heterocycles. The minimum absolute atomic E-state index is 0.121. The molecule has 0 saturated heterocycles. The molecule has 0 saturated carbocycles. The van der Waals surface area contributed by atoms with Crippen molar-refractivity contribution in [1.82, 2.24) is 5.06 Å². The fraction of sp³-hybridized carbons (Fsp3) is 0.429. The van der Waals surface area contributed by atoms with Gasteiger partial charge in [0.05, 0.1) is 13.2 Å². The molecule has 0 radical (unpaired) electrons. The lowest BCUT2D eigenvalue weighted by molar-refractivity contribution is -0.180. The van der Waals surface area contributed by atoms with Gasteiger partial charge in [0, 0.05) is 12.2 Å². The maximum absolute atomic E-state index is 12.3. The summed E-state index contributed by atoms with van der Waals surface area (Å²) in [5, 5.41) is 10.1. The molecule has 1 aromatic rings. The Morgan fingerprint density at radius 2 is 1.85 bits per heavy atom. The zero-order valence-corrected chi connectivity index (χ0v) is 11.6. The molecular weight excluding hydrogens is 262 g/mol. The van der Waals surface area contributed by atoms with Crippen LogP contribution in [0.4, 0.5) is 0 Å². The minimum atomic E-state index is -1.18. The summed E-state index contributed by atoms with van der Waals surface area (Å²) in [4.78, 5) is 28.8. The van der Waals surface area contributed by atoms with Crippen LogP contribution in [0.2, 0.25) is 0 Å². The summed E-state index contributed by atoms with van der Waals surface area (Å²) in [6, 6.07) is 7.21. The number of ether oxygens (including phenoxy) is 1. The van der Waals surface area contributed by atoms with Crippen LogP contribution >= 0.6 is 0 Å². The van der Waals surface area contributed by atoms with E-state index < -0.39 is 17.9 Å². The first kappa shape index (κ1) is 16.1. The van der Waals surface area contributed by atoms with Crippen LogP contribution in [0.5, 0.6) is 0 Å². The Labute approximate surface area is 117 Å². The van der Waals surface area contributed by atoms with Crippen LogP contribution in [0.3, 0.4) is 0 Å². The number of hydrogen-bond acceptors (Lipinski definition) is 4. The second kappa shape index (κ2) is 8.29. The lowest BCUT2D eigenvalue weighted by atomic mass is 10.2. The Morgan fingerprint density at radius 3 is 2.35 bits per heavy atom. The topological polar surface area (TPSA) is 76.1 Å². The number of nitrogens with zero attached hydrogens (tertiary/aromatic N) is 1. The second-order valence-electron chi connectivity index (χ2n) is 3.93. The van der Waals surface area contributed by atoms with E-state index in [0.29, 0.717) is 12.2 Å². The van der Waals surface area contributed by atoms with Gasteiger partial charge >= 0.3 is 5.97 Å². The Bertz CT molecular complexity index is 434. The summed E-state index contributed by atoms with van der Waals surface area (Å²) in [6.07, 6.45) is 0. The molecule has 1 aromatic carbocycles. The van der Waals surface area contributed by atoms with Crippen LogP contribution < -0.4 is 0 Å². The summed E-state index contributed by atoms with van der Waals surface area (Å²) >= 11 is 0. The Morgan fingerprint density at radius 1 is 1.20 bits per heavy atom. The highest BCUT2D eigenvalue weighted by Crippen LogP contribution is 2.10. The van der Waals surface area contributed by atoms with Crippen molar-refractivity contribution in [1.29, 1.82) is 0 Å². The number of carboxylic acid groups (broad SMARTS) is 1. The van der Waals surface area contributed by atoms with Crippen molar-refractivity contribution in [3.63, 3.8) is 0 Å². The van der Waals surface area contributed by atoms with Crippen molar-refractivity contribution in [2.45, 2.75) is 19.9 Å². The molecule has 1 unspecified atom stereocenters. The molecule has 0 aliphatic carbocycles. The summed E-state index contributed by atoms with van der Waals surface area (Å²) in [5.74, 6) is -1.67. The van der Waals surface area contributed by atoms with Gasteiger partial charge in [-0.2, -0.15) is 0 Å². The molecule has 20 heavy (non-hydrogen) atoms. The van der Waals surface area contributed by atoms with Crippen molar-refractivity contribution in [3.05, 3.63) is 35.9 Å². The van der Waals surface area contributed by atoms with Crippen LogP contribution in [0, 0.1) is 0 Å². The Balaban J connectivity index is 2.95. The third kappa shape index (κ3) is 4.32. The average molecular weight is 281 g/mol. The van der Waals surface area contributed by atoms with E-state index in [9.17, 15) is 14.7 Å². The number of rotatable bonds is 8. The van der Waals surface area contributed by atoms with Crippen LogP contribution in [-0.4, -0.2) is 47.9 Å². The van der Waals surface area contributed by atoms with Gasteiger partial charge < -0.3 is 9.84 Å². The fourth-order valence-corrected chi connectivity index (χ4v) is 1.61. The number of aliphatic carboxylic acids is 1. The van der Waals surface area contributed by atoms with Crippen molar-refractivity contribution in [3.8, 4) is 0 Å². The molecule has 0 fully saturated rings. The van der Waals surface area contributed by atoms with Crippen LogP contribution in [0.25, 0.3) is 0 Å². The van der Waals surface area contributed by atoms with Crippen LogP contribution in [-0.2, 0) is 14.4 Å². The molecule has 110 valence electrons. The molecule has 1 atom stereocenters. The number of carbonyl (C=O) groups is 2. The Kier molecular flexibility index (Phi) is 6.69. The van der Waals surface area contributed by atoms with E-state index in [4.69, 9.17) is 9.57 Å². The number of hydrogen-bond donors (Lipinski definition) is 1. The Hall–Kier alpha value is -1.92. The van der Waals surface area contributed by atoms with E-state index in [2.05, 4.69) is 0 Å². The van der Waals surface area contributed by atoms with Gasteiger partial charge in [0.15, 0.2) is 6.04 Å². The van der Waals surface area contributed by atoms with Gasteiger partial charge in [-0.15, -0.1) is 0 Å². The van der Waals surface area contributed by atoms with Crippen molar-refractivity contribution in [2.24, 2.45) is 0 Å². The summed E-state index contributed by atoms with van der Waals surface area (Å²) in [6.45, 7) is 3.87. The molecule has 0 aliphatic rings. The standard InChI is InChI=1S/C14H19NO5/c1-3-19-10-12(14(17)18)15(20-4-2)13(16)11-8-6-5-7-9-11/h5-9,12H,3-4,10H2,1-2H3,(H,17,18). The highest BCUT2D eigenvalue weighted by Gasteiger charge is 2.31. The van der Waals surface area contributed by atoms with Gasteiger partial charge in [-0.1, -0.05) is 18.2 Å². The summed E-state index contributed by atoms with van der Waals surface area (Å²) in [7, 11) is 0. The first-order valence-corrected chi connectivity index (χ1v) is 6.43. The first-order chi connectivity index (χ1) is 9.61. The number of carboxylic acids is 1. The zero-order valence-electron chi connectivity index (χ0n) is 11.6. The third-order valence-electron chi connectivity index (χ3n) is 2.54. The maximum atomic E-state index is 12.3. The van der Waals surface area contributed by atoms with Crippen LogP contribution in [0.15, 0.2) is 30.3 Å². The number of hydroxylamine groups is 2. The number of carbonyl (C=O) groups excluding carboxylic acids is 1. The predicted octanol–water partition coefficient (Wildman–Crippen LogP) is 1.57. The summed E-state index contributed by atoms with van der Waals surface area (Å²) in [5.41, 5.74) is 0.365. The second-order valence-corrected chi connectivity index (χ2v) is 3.93. The number of benzene rings is 1. The van der Waals surface area contributed by atoms with Crippen molar-refractivity contribution in [2.75, 3.05) is 19.8 Å². The largest absolute Gasteiger partial charge is 0.480 e. The molecule has 0 aromatic heterocycles. The molecule has 6 nitrogen and oxygen atoms in total. The zero-order chi connectivity index (χ0) is 15.0. The quantitative estimate of drug-likeness (QED) is 0.732. The monoisotopic (exact) mass is 281 g/mol. The molecule has 0 aliphatic heterocycles. The minimum Gasteiger partial charge on any atom is -0.480 e. The van der Waals surface area contributed by atoms with Gasteiger partial charge in [-0.3, -0.25) is 9.63 Å². The third-order valence-corrected chi connectivity index (χ3v) is 2.54. The lowest BCUT2D eigenvalue weighted by Gasteiger charge is -2.27. The molecule has 0 spiro atoms. The maximum Gasteiger partial charge on any atom is 0.331 e. The molecule has 1 amide bonds. The lowest BCUT2D eigenvalue weighted by Crippen LogP contribution is -2.47. The van der Waals surface area contributed by atoms with Gasteiger partial charge in [0.1, 0.15) is 0 Å².